The molecule has 1 aromatic carbocycles. The van der Waals surface area contributed by atoms with E-state index < -0.39 is 0 Å². The molecule has 2 aromatic heterocycles. The van der Waals surface area contributed by atoms with Gasteiger partial charge in [0.25, 0.3) is 5.91 Å². The number of amides is 1. The van der Waals surface area contributed by atoms with Crippen molar-refractivity contribution >= 4 is 11.6 Å². The fourth-order valence-corrected chi connectivity index (χ4v) is 2.77. The van der Waals surface area contributed by atoms with E-state index in [0.717, 1.165) is 22.7 Å². The Labute approximate surface area is 133 Å². The molecule has 0 radical (unpaired) electrons. The molecular weight excluding hydrogens is 290 g/mol. The van der Waals surface area contributed by atoms with Crippen molar-refractivity contribution in [2.24, 2.45) is 4.99 Å². The van der Waals surface area contributed by atoms with Gasteiger partial charge in [-0.15, -0.1) is 0 Å². The summed E-state index contributed by atoms with van der Waals surface area (Å²) in [5, 5.41) is 2.86. The minimum Gasteiger partial charge on any atom is -0.459 e. The van der Waals surface area contributed by atoms with Crippen molar-refractivity contribution in [3.8, 4) is 5.69 Å². The smallest absolute Gasteiger partial charge is 0.287 e. The fourth-order valence-electron chi connectivity index (χ4n) is 2.77. The summed E-state index contributed by atoms with van der Waals surface area (Å²) in [5.41, 5.74) is 4.14. The standard InChI is InChI=1S/C18H15N3O2/c22-18(17-8-4-10-23-17)20-12-14-16-7-3-9-21(16)15-6-2-1-5-13(15)11-19-14/h1-10H,11-12H2,(H,20,22). The largest absolute Gasteiger partial charge is 0.459 e. The molecule has 23 heavy (non-hydrogen) atoms. The van der Waals surface area contributed by atoms with Gasteiger partial charge in [0.2, 0.25) is 0 Å². The van der Waals surface area contributed by atoms with Gasteiger partial charge >= 0.3 is 0 Å². The van der Waals surface area contributed by atoms with Gasteiger partial charge in [0.1, 0.15) is 0 Å². The van der Waals surface area contributed by atoms with Crippen LogP contribution in [0.1, 0.15) is 21.8 Å². The number of nitrogens with zero attached hydrogens (tertiary/aromatic N) is 2. The van der Waals surface area contributed by atoms with Gasteiger partial charge in [-0.25, -0.2) is 0 Å². The van der Waals surface area contributed by atoms with Crippen LogP contribution in [0, 0.1) is 0 Å². The Morgan fingerprint density at radius 3 is 2.96 bits per heavy atom. The summed E-state index contributed by atoms with van der Waals surface area (Å²) >= 11 is 0. The zero-order valence-electron chi connectivity index (χ0n) is 12.4. The number of carbonyl (C=O) groups is 1. The van der Waals surface area contributed by atoms with Gasteiger partial charge in [-0.3, -0.25) is 9.79 Å². The number of benzene rings is 1. The molecule has 1 N–H and O–H groups in total. The van der Waals surface area contributed by atoms with E-state index in [0.29, 0.717) is 18.8 Å². The summed E-state index contributed by atoms with van der Waals surface area (Å²) in [4.78, 5) is 16.7. The van der Waals surface area contributed by atoms with E-state index in [2.05, 4.69) is 27.0 Å². The highest BCUT2D eigenvalue weighted by Gasteiger charge is 2.17. The van der Waals surface area contributed by atoms with Crippen LogP contribution in [0.25, 0.3) is 5.69 Å². The molecule has 0 saturated heterocycles. The molecular formula is C18H15N3O2. The number of para-hydroxylation sites is 1. The Balaban J connectivity index is 1.61. The topological polar surface area (TPSA) is 59.5 Å². The molecule has 1 aliphatic heterocycles. The van der Waals surface area contributed by atoms with Gasteiger partial charge in [0.05, 0.1) is 36.4 Å². The SMILES string of the molecule is O=C(NCC1=NCc2ccccc2-n2cccc21)c1ccco1. The van der Waals surface area contributed by atoms with Crippen LogP contribution in [0.15, 0.2) is 70.4 Å². The van der Waals surface area contributed by atoms with Crippen LogP contribution in [-0.2, 0) is 6.54 Å². The molecule has 1 amide bonds. The van der Waals surface area contributed by atoms with Crippen molar-refractivity contribution in [2.45, 2.75) is 6.54 Å². The molecule has 5 heteroatoms. The highest BCUT2D eigenvalue weighted by atomic mass is 16.3. The van der Waals surface area contributed by atoms with E-state index in [1.807, 2.05) is 30.5 Å². The van der Waals surface area contributed by atoms with Gasteiger partial charge < -0.3 is 14.3 Å². The summed E-state index contributed by atoms with van der Waals surface area (Å²) < 4.78 is 7.22. The van der Waals surface area contributed by atoms with Crippen molar-refractivity contribution < 1.29 is 9.21 Å². The lowest BCUT2D eigenvalue weighted by Crippen LogP contribution is -2.30. The summed E-state index contributed by atoms with van der Waals surface area (Å²) in [6.45, 7) is 0.960. The average Bonchev–Trinajstić information content (AvgIpc) is 3.24. The number of hydrogen-bond acceptors (Lipinski definition) is 3. The van der Waals surface area contributed by atoms with Crippen molar-refractivity contribution in [1.82, 2.24) is 9.88 Å². The number of aliphatic imine (C=N–C) groups is 1. The normalized spacial score (nSPS) is 12.8. The summed E-state index contributed by atoms with van der Waals surface area (Å²) in [7, 11) is 0. The second-order valence-electron chi connectivity index (χ2n) is 5.32. The molecule has 1 aliphatic rings. The van der Waals surface area contributed by atoms with Crippen LogP contribution in [0.3, 0.4) is 0 Å². The van der Waals surface area contributed by atoms with Gasteiger partial charge in [-0.05, 0) is 35.9 Å². The predicted molar refractivity (Wildman–Crippen MR) is 87.1 cm³/mol. The Kier molecular flexibility index (Phi) is 3.31. The first-order valence-electron chi connectivity index (χ1n) is 7.44. The number of nitrogens with one attached hydrogen (secondary N) is 1. The van der Waals surface area contributed by atoms with E-state index in [-0.39, 0.29) is 5.91 Å². The van der Waals surface area contributed by atoms with Crippen molar-refractivity contribution in [2.75, 3.05) is 6.54 Å². The Bertz CT molecular complexity index is 875. The highest BCUT2D eigenvalue weighted by molar-refractivity contribution is 6.04. The summed E-state index contributed by atoms with van der Waals surface area (Å²) in [5.74, 6) is 0.0652. The van der Waals surface area contributed by atoms with Crippen molar-refractivity contribution in [3.05, 3.63) is 78.0 Å². The Hall–Kier alpha value is -3.08. The van der Waals surface area contributed by atoms with Crippen molar-refractivity contribution in [3.63, 3.8) is 0 Å². The second kappa shape index (κ2) is 5.61. The van der Waals surface area contributed by atoms with Crippen LogP contribution in [0.4, 0.5) is 0 Å². The fraction of sp³-hybridized carbons (Fsp3) is 0.111. The van der Waals surface area contributed by atoms with Crippen LogP contribution < -0.4 is 5.32 Å². The molecule has 0 aliphatic carbocycles. The van der Waals surface area contributed by atoms with Gasteiger partial charge in [0, 0.05) is 6.20 Å². The Morgan fingerprint density at radius 2 is 2.09 bits per heavy atom. The lowest BCUT2D eigenvalue weighted by molar-refractivity contribution is 0.0932. The first-order chi connectivity index (χ1) is 11.3. The molecule has 4 rings (SSSR count). The second-order valence-corrected chi connectivity index (χ2v) is 5.32. The summed E-state index contributed by atoms with van der Waals surface area (Å²) in [6, 6.07) is 15.5. The molecule has 0 bridgehead atoms. The number of fused-ring (bicyclic) bond motifs is 3. The lowest BCUT2D eigenvalue weighted by Gasteiger charge is -2.10. The minimum absolute atomic E-state index is 0.238. The third-order valence-electron chi connectivity index (χ3n) is 3.90. The van der Waals surface area contributed by atoms with Crippen molar-refractivity contribution in [1.29, 1.82) is 0 Å². The number of furan rings is 1. The lowest BCUT2D eigenvalue weighted by atomic mass is 10.2. The molecule has 5 nitrogen and oxygen atoms in total. The predicted octanol–water partition coefficient (Wildman–Crippen LogP) is 2.80. The quantitative estimate of drug-likeness (QED) is 0.809. The van der Waals surface area contributed by atoms with E-state index in [1.54, 1.807) is 12.1 Å². The maximum Gasteiger partial charge on any atom is 0.287 e. The van der Waals surface area contributed by atoms with E-state index in [1.165, 1.54) is 6.26 Å². The molecule has 0 unspecified atom stereocenters. The maximum absolute atomic E-state index is 12.0. The first-order valence-corrected chi connectivity index (χ1v) is 7.44. The Morgan fingerprint density at radius 1 is 1.17 bits per heavy atom. The van der Waals surface area contributed by atoms with E-state index in [9.17, 15) is 4.79 Å². The van der Waals surface area contributed by atoms with Gasteiger partial charge in [-0.2, -0.15) is 0 Å². The molecule has 0 saturated carbocycles. The number of rotatable bonds is 3. The minimum atomic E-state index is -0.238. The zero-order valence-corrected chi connectivity index (χ0v) is 12.4. The number of carbonyl (C=O) groups excluding carboxylic acids is 1. The van der Waals surface area contributed by atoms with Crippen LogP contribution in [0.5, 0.6) is 0 Å². The van der Waals surface area contributed by atoms with Crippen LogP contribution >= 0.6 is 0 Å². The highest BCUT2D eigenvalue weighted by Crippen LogP contribution is 2.22. The third-order valence-corrected chi connectivity index (χ3v) is 3.90. The maximum atomic E-state index is 12.0. The first kappa shape index (κ1) is 13.6. The summed E-state index contributed by atoms with van der Waals surface area (Å²) in [6.07, 6.45) is 3.50. The van der Waals surface area contributed by atoms with E-state index >= 15 is 0 Å². The monoisotopic (exact) mass is 305 g/mol. The molecule has 0 atom stereocenters. The number of hydrogen-bond donors (Lipinski definition) is 1. The number of aromatic nitrogens is 1. The molecule has 0 fully saturated rings. The van der Waals surface area contributed by atoms with Crippen LogP contribution in [-0.4, -0.2) is 22.7 Å². The van der Waals surface area contributed by atoms with Gasteiger partial charge in [-0.1, -0.05) is 18.2 Å². The zero-order chi connectivity index (χ0) is 15.6. The van der Waals surface area contributed by atoms with Crippen LogP contribution in [0.2, 0.25) is 0 Å². The average molecular weight is 305 g/mol. The van der Waals surface area contributed by atoms with E-state index in [4.69, 9.17) is 4.42 Å². The third kappa shape index (κ3) is 2.46. The molecule has 3 aromatic rings. The van der Waals surface area contributed by atoms with Gasteiger partial charge in [0.15, 0.2) is 5.76 Å². The molecule has 114 valence electrons. The molecule has 3 heterocycles. The molecule has 0 spiro atoms.